The van der Waals surface area contributed by atoms with Gasteiger partial charge in [-0.2, -0.15) is 0 Å². The molecule has 0 bridgehead atoms. The fourth-order valence-electron chi connectivity index (χ4n) is 14.5. The van der Waals surface area contributed by atoms with E-state index in [1.165, 1.54) is 0 Å². The number of carboxylic acid groups (broad SMARTS) is 1. The zero-order valence-corrected chi connectivity index (χ0v) is 37.8. The first kappa shape index (κ1) is 48.7. The molecule has 364 valence electrons. The van der Waals surface area contributed by atoms with Crippen LogP contribution in [-0.4, -0.2) is 175 Å². The van der Waals surface area contributed by atoms with Gasteiger partial charge in [0.25, 0.3) is 0 Å². The number of rotatable bonds is 9. The molecule has 0 amide bonds. The van der Waals surface area contributed by atoms with Crippen LogP contribution in [0.4, 0.5) is 0 Å². The highest BCUT2D eigenvalue weighted by molar-refractivity contribution is 5.77. The first-order valence-electron chi connectivity index (χ1n) is 23.2. The molecule has 3 saturated heterocycles. The predicted molar refractivity (Wildman–Crippen MR) is 220 cm³/mol. The van der Waals surface area contributed by atoms with E-state index in [9.17, 15) is 60.7 Å². The van der Waals surface area contributed by atoms with Crippen molar-refractivity contribution in [2.75, 3.05) is 19.8 Å². The van der Waals surface area contributed by atoms with Crippen LogP contribution in [0.15, 0.2) is 11.6 Å². The van der Waals surface area contributed by atoms with Gasteiger partial charge in [-0.1, -0.05) is 53.2 Å². The van der Waals surface area contributed by atoms with Crippen molar-refractivity contribution in [3.63, 3.8) is 0 Å². The summed E-state index contributed by atoms with van der Waals surface area (Å²) in [6.45, 7) is 11.4. The van der Waals surface area contributed by atoms with Crippen LogP contribution in [0.2, 0.25) is 0 Å². The minimum atomic E-state index is -1.87. The lowest BCUT2D eigenvalue weighted by molar-refractivity contribution is -0.384. The summed E-state index contributed by atoms with van der Waals surface area (Å²) in [6, 6.07) is 0. The molecule has 8 aliphatic rings. The molecule has 5 aliphatic carbocycles. The molecule has 0 aromatic heterocycles. The van der Waals surface area contributed by atoms with E-state index in [0.717, 1.165) is 18.3 Å². The van der Waals surface area contributed by atoms with E-state index in [2.05, 4.69) is 40.7 Å². The van der Waals surface area contributed by atoms with Crippen molar-refractivity contribution in [3.8, 4) is 0 Å². The molecule has 3 heterocycles. The van der Waals surface area contributed by atoms with Crippen molar-refractivity contribution in [1.82, 2.24) is 0 Å². The van der Waals surface area contributed by atoms with Crippen LogP contribution >= 0.6 is 0 Å². The molecule has 4 saturated carbocycles. The Morgan fingerprint density at radius 2 is 1.39 bits per heavy atom. The molecule has 23 atom stereocenters. The summed E-state index contributed by atoms with van der Waals surface area (Å²) < 4.78 is 36.3. The van der Waals surface area contributed by atoms with Crippen LogP contribution in [-0.2, 0) is 38.0 Å². The van der Waals surface area contributed by atoms with Crippen LogP contribution < -0.4 is 0 Å². The van der Waals surface area contributed by atoms with Crippen molar-refractivity contribution >= 4 is 12.3 Å². The number of carboxylic acids is 1. The van der Waals surface area contributed by atoms with Gasteiger partial charge in [0, 0.05) is 0 Å². The van der Waals surface area contributed by atoms with Gasteiger partial charge >= 0.3 is 5.97 Å². The maximum atomic E-state index is 13.7. The van der Waals surface area contributed by atoms with Crippen molar-refractivity contribution in [2.24, 2.45) is 50.2 Å². The highest BCUT2D eigenvalue weighted by Gasteiger charge is 2.72. The Balaban J connectivity index is 1.09. The summed E-state index contributed by atoms with van der Waals surface area (Å²) in [5.74, 6) is -1.39. The number of aldehydes is 1. The second-order valence-electron chi connectivity index (χ2n) is 22.3. The molecule has 8 rings (SSSR count). The number of aliphatic hydroxyl groups excluding tert-OH is 9. The number of ether oxygens (including phenoxy) is 6. The smallest absolute Gasteiger partial charge is 0.312 e. The van der Waals surface area contributed by atoms with Gasteiger partial charge < -0.3 is 84.3 Å². The van der Waals surface area contributed by atoms with Crippen LogP contribution in [0, 0.1) is 50.2 Å². The average Bonchev–Trinajstić information content (AvgIpc) is 3.23. The normalized spacial score (nSPS) is 54.9. The van der Waals surface area contributed by atoms with Gasteiger partial charge in [0.1, 0.15) is 72.7 Å². The number of carbonyl (C=O) groups is 2. The lowest BCUT2D eigenvalue weighted by Crippen LogP contribution is -2.68. The predicted octanol–water partition coefficient (Wildman–Crippen LogP) is 0.134. The fourth-order valence-corrected chi connectivity index (χ4v) is 14.5. The quantitative estimate of drug-likeness (QED) is 0.0836. The zero-order chi connectivity index (χ0) is 46.7. The number of hydrogen-bond donors (Lipinski definition) is 10. The van der Waals surface area contributed by atoms with E-state index >= 15 is 0 Å². The summed E-state index contributed by atoms with van der Waals surface area (Å²) in [7, 11) is 0. The lowest BCUT2D eigenvalue weighted by Gasteiger charge is -2.71. The minimum absolute atomic E-state index is 0.0609. The monoisotopic (exact) mass is 912 g/mol. The first-order valence-corrected chi connectivity index (χ1v) is 23.2. The molecule has 0 aromatic rings. The number of hydrogen-bond acceptors (Lipinski definition) is 17. The Morgan fingerprint density at radius 1 is 0.734 bits per heavy atom. The molecule has 18 heteroatoms. The molecule has 18 nitrogen and oxygen atoms in total. The van der Waals surface area contributed by atoms with Crippen molar-refractivity contribution in [3.05, 3.63) is 11.6 Å². The van der Waals surface area contributed by atoms with Gasteiger partial charge in [0.05, 0.1) is 37.4 Å². The van der Waals surface area contributed by atoms with Crippen LogP contribution in [0.1, 0.15) is 99.3 Å². The molecule has 0 aromatic carbocycles. The third-order valence-electron chi connectivity index (χ3n) is 18.6. The van der Waals surface area contributed by atoms with Crippen LogP contribution in [0.3, 0.4) is 0 Å². The van der Waals surface area contributed by atoms with E-state index in [-0.39, 0.29) is 28.6 Å². The summed E-state index contributed by atoms with van der Waals surface area (Å²) in [4.78, 5) is 26.9. The Hall–Kier alpha value is -1.72. The molecule has 64 heavy (non-hydrogen) atoms. The second kappa shape index (κ2) is 17.1. The molecule has 0 spiro atoms. The Labute approximate surface area is 373 Å². The van der Waals surface area contributed by atoms with E-state index in [4.69, 9.17) is 28.4 Å². The number of carbonyl (C=O) groups excluding carboxylic acids is 1. The highest BCUT2D eigenvalue weighted by Crippen LogP contribution is 2.76. The Bertz CT molecular complexity index is 1780. The van der Waals surface area contributed by atoms with Gasteiger partial charge in [0.2, 0.25) is 0 Å². The third-order valence-corrected chi connectivity index (χ3v) is 18.6. The molecule has 0 radical (unpaired) electrons. The molecular weight excluding hydrogens is 840 g/mol. The van der Waals surface area contributed by atoms with Crippen LogP contribution in [0.25, 0.3) is 0 Å². The molecular formula is C46H72O18. The van der Waals surface area contributed by atoms with E-state index < -0.39 is 140 Å². The van der Waals surface area contributed by atoms with Gasteiger partial charge in [0.15, 0.2) is 18.9 Å². The van der Waals surface area contributed by atoms with Gasteiger partial charge in [-0.15, -0.1) is 0 Å². The van der Waals surface area contributed by atoms with Crippen molar-refractivity contribution in [1.29, 1.82) is 0 Å². The molecule has 3 aliphatic heterocycles. The Kier molecular flexibility index (Phi) is 13.0. The van der Waals surface area contributed by atoms with Crippen molar-refractivity contribution in [2.45, 2.75) is 191 Å². The summed E-state index contributed by atoms with van der Waals surface area (Å²) in [5.41, 5.74) is -2.56. The summed E-state index contributed by atoms with van der Waals surface area (Å²) in [6.07, 6.45) is -14.4. The van der Waals surface area contributed by atoms with E-state index in [0.29, 0.717) is 51.4 Å². The van der Waals surface area contributed by atoms with E-state index in [1.54, 1.807) is 0 Å². The third kappa shape index (κ3) is 7.31. The number of fused-ring (bicyclic) bond motifs is 7. The maximum absolute atomic E-state index is 13.7. The van der Waals surface area contributed by atoms with Crippen LogP contribution in [0.5, 0.6) is 0 Å². The molecule has 8 unspecified atom stereocenters. The molecule has 7 fully saturated rings. The average molecular weight is 913 g/mol. The SMILES string of the molecule is CC1(C)CCC2(C(=O)O)C(C1)C1=CCC3C4(C)CC[C@H](O[C@@H]5OC[C@@H](O)[C@H](O[C@@H]6OC[C@@H](O)[C@@H](O)C6O)C5O[C@@H]5OC(CO)[C@@H](O)[C@H](O)C5O)[C@](C)(C=O)[C@@H]4CC[C@]3(C)[C@]1(C)C[C@@H]2O. The zero-order valence-electron chi connectivity index (χ0n) is 37.8. The standard InChI is InChI=1S/C46H72O18/c1-41(2)13-14-46(40(57)58)22(15-41)21-7-8-27-42(3)11-10-29(43(4,20-48)26(42)9-12-44(27,5)45(21,6)16-28(46)51)62-39-36(64-38-34(56)32(54)31(53)25(17-47)61-38)35(24(50)19-60-39)63-37-33(55)30(52)23(49)18-59-37/h7,20,22-39,47,49-56H,8-19H2,1-6H3,(H,57,58)/t22?,23-,24-,25?,26-,27?,28+,29+,30-,31-,32+,33?,34?,35+,36?,37+,38+,39+,42?,43-,44+,45-,46?/m1/s1. The number of aliphatic carboxylic acids is 1. The molecule has 10 N–H and O–H groups in total. The fraction of sp³-hybridized carbons (Fsp3) is 0.913. The highest BCUT2D eigenvalue weighted by atomic mass is 16.8. The van der Waals surface area contributed by atoms with E-state index in [1.807, 2.05) is 6.92 Å². The Morgan fingerprint density at radius 3 is 2.06 bits per heavy atom. The topological polar surface area (TPSA) is 292 Å². The van der Waals surface area contributed by atoms with Gasteiger partial charge in [-0.05, 0) is 97.2 Å². The van der Waals surface area contributed by atoms with Gasteiger partial charge in [-0.3, -0.25) is 4.79 Å². The first-order chi connectivity index (χ1) is 29.9. The maximum Gasteiger partial charge on any atom is 0.312 e. The summed E-state index contributed by atoms with van der Waals surface area (Å²) >= 11 is 0. The summed E-state index contributed by atoms with van der Waals surface area (Å²) in [5, 5.41) is 107. The largest absolute Gasteiger partial charge is 0.481 e. The number of aliphatic hydroxyl groups is 9. The minimum Gasteiger partial charge on any atom is -0.481 e. The van der Waals surface area contributed by atoms with Gasteiger partial charge in [-0.25, -0.2) is 0 Å². The number of allylic oxidation sites excluding steroid dienone is 2. The lowest BCUT2D eigenvalue weighted by atomic mass is 9.33. The van der Waals surface area contributed by atoms with Crippen molar-refractivity contribution < 1.29 is 89.1 Å². The second-order valence-corrected chi connectivity index (χ2v) is 22.3.